The molecule has 156 valence electrons. The Kier molecular flexibility index (Phi) is 7.18. The van der Waals surface area contributed by atoms with E-state index in [0.29, 0.717) is 38.6 Å². The Morgan fingerprint density at radius 3 is 2.70 bits per heavy atom. The van der Waals surface area contributed by atoms with E-state index < -0.39 is 5.97 Å². The maximum Gasteiger partial charge on any atom is 0.338 e. The van der Waals surface area contributed by atoms with Crippen LogP contribution in [-0.2, 0) is 15.3 Å². The predicted octanol–water partition coefficient (Wildman–Crippen LogP) is 4.54. The number of rotatable bonds is 7. The summed E-state index contributed by atoms with van der Waals surface area (Å²) in [5.74, 6) is 0.0849. The normalized spacial score (nSPS) is 10.8. The standard InChI is InChI=1S/C22H21ClN2O4S/c1-3-29-22(28)14-5-7-19-17(8-14)20(26)10-16(24-19)11-30-12-21(27)25-15-6-4-13(2)18(23)9-15/h4-10H,3,11-12H2,1-2H3,(H,24,26)(H,25,27). The molecule has 0 saturated carbocycles. The fourth-order valence-corrected chi connectivity index (χ4v) is 3.76. The Labute approximate surface area is 183 Å². The second-order valence-electron chi connectivity index (χ2n) is 6.64. The topological polar surface area (TPSA) is 88.3 Å². The average Bonchev–Trinajstić information content (AvgIpc) is 2.71. The van der Waals surface area contributed by atoms with E-state index in [1.807, 2.05) is 13.0 Å². The van der Waals surface area contributed by atoms with Gasteiger partial charge in [-0.05, 0) is 49.7 Å². The molecule has 0 fully saturated rings. The summed E-state index contributed by atoms with van der Waals surface area (Å²) in [6.45, 7) is 3.89. The van der Waals surface area contributed by atoms with Gasteiger partial charge in [0.2, 0.25) is 5.91 Å². The van der Waals surface area contributed by atoms with E-state index >= 15 is 0 Å². The molecule has 0 unspecified atom stereocenters. The maximum absolute atomic E-state index is 12.5. The molecule has 0 radical (unpaired) electrons. The van der Waals surface area contributed by atoms with Gasteiger partial charge in [0, 0.05) is 39.1 Å². The zero-order chi connectivity index (χ0) is 21.7. The van der Waals surface area contributed by atoms with E-state index in [9.17, 15) is 14.4 Å². The van der Waals surface area contributed by atoms with E-state index in [2.05, 4.69) is 10.3 Å². The van der Waals surface area contributed by atoms with Crippen LogP contribution in [-0.4, -0.2) is 29.2 Å². The van der Waals surface area contributed by atoms with Crippen LogP contribution < -0.4 is 10.7 Å². The van der Waals surface area contributed by atoms with Crippen molar-refractivity contribution in [2.24, 2.45) is 0 Å². The summed E-state index contributed by atoms with van der Waals surface area (Å²) in [5.41, 5.74) is 3.07. The molecule has 3 rings (SSSR count). The number of hydrogen-bond acceptors (Lipinski definition) is 5. The van der Waals surface area contributed by atoms with Crippen LogP contribution in [0, 0.1) is 6.92 Å². The molecule has 2 aromatic carbocycles. The van der Waals surface area contributed by atoms with E-state index in [1.54, 1.807) is 31.2 Å². The van der Waals surface area contributed by atoms with Gasteiger partial charge in [0.1, 0.15) is 0 Å². The molecule has 8 heteroatoms. The van der Waals surface area contributed by atoms with Crippen LogP contribution in [0.25, 0.3) is 10.9 Å². The summed E-state index contributed by atoms with van der Waals surface area (Å²) in [5, 5.41) is 3.82. The number of anilines is 1. The molecule has 0 aliphatic carbocycles. The number of nitrogens with one attached hydrogen (secondary N) is 2. The molecule has 0 aliphatic rings. The lowest BCUT2D eigenvalue weighted by molar-refractivity contribution is -0.113. The van der Waals surface area contributed by atoms with Crippen LogP contribution in [0.4, 0.5) is 5.69 Å². The molecule has 1 amide bonds. The van der Waals surface area contributed by atoms with Gasteiger partial charge in [0.25, 0.3) is 0 Å². The number of amides is 1. The molecule has 30 heavy (non-hydrogen) atoms. The summed E-state index contributed by atoms with van der Waals surface area (Å²) in [7, 11) is 0. The molecule has 3 aromatic rings. The highest BCUT2D eigenvalue weighted by Crippen LogP contribution is 2.20. The molecular weight excluding hydrogens is 424 g/mol. The van der Waals surface area contributed by atoms with Crippen LogP contribution in [0.1, 0.15) is 28.5 Å². The van der Waals surface area contributed by atoms with Gasteiger partial charge < -0.3 is 15.0 Å². The number of pyridine rings is 1. The minimum atomic E-state index is -0.459. The highest BCUT2D eigenvalue weighted by atomic mass is 35.5. The summed E-state index contributed by atoms with van der Waals surface area (Å²) in [4.78, 5) is 39.6. The number of ether oxygens (including phenoxy) is 1. The first-order valence-corrected chi connectivity index (χ1v) is 10.9. The lowest BCUT2D eigenvalue weighted by atomic mass is 10.1. The Hall–Kier alpha value is -2.77. The highest BCUT2D eigenvalue weighted by molar-refractivity contribution is 7.99. The van der Waals surface area contributed by atoms with Crippen molar-refractivity contribution in [1.82, 2.24) is 4.98 Å². The number of halogens is 1. The van der Waals surface area contributed by atoms with Crippen LogP contribution in [0.2, 0.25) is 5.02 Å². The number of hydrogen-bond donors (Lipinski definition) is 2. The fraction of sp³-hybridized carbons (Fsp3) is 0.227. The number of esters is 1. The largest absolute Gasteiger partial charge is 0.462 e. The van der Waals surface area contributed by atoms with Crippen molar-refractivity contribution >= 4 is 51.8 Å². The summed E-state index contributed by atoms with van der Waals surface area (Å²) >= 11 is 7.45. The van der Waals surface area contributed by atoms with Gasteiger partial charge in [-0.25, -0.2) is 4.79 Å². The van der Waals surface area contributed by atoms with Gasteiger partial charge >= 0.3 is 5.97 Å². The van der Waals surface area contributed by atoms with Gasteiger partial charge in [0.05, 0.1) is 17.9 Å². The van der Waals surface area contributed by atoms with Crippen LogP contribution in [0.5, 0.6) is 0 Å². The third-order valence-electron chi connectivity index (χ3n) is 4.34. The van der Waals surface area contributed by atoms with Crippen molar-refractivity contribution < 1.29 is 14.3 Å². The molecule has 1 heterocycles. The number of aromatic nitrogens is 1. The van der Waals surface area contributed by atoms with Crippen molar-refractivity contribution in [3.8, 4) is 0 Å². The minimum absolute atomic E-state index is 0.151. The summed E-state index contributed by atoms with van der Waals surface area (Å²) in [6, 6.07) is 11.7. The number of fused-ring (bicyclic) bond motifs is 1. The second-order valence-corrected chi connectivity index (χ2v) is 8.04. The van der Waals surface area contributed by atoms with Crippen LogP contribution in [0.3, 0.4) is 0 Å². The maximum atomic E-state index is 12.5. The van der Waals surface area contributed by atoms with E-state index in [1.165, 1.54) is 23.9 Å². The number of aromatic amines is 1. The summed E-state index contributed by atoms with van der Waals surface area (Å²) in [6.07, 6.45) is 0. The molecule has 0 saturated heterocycles. The zero-order valence-electron chi connectivity index (χ0n) is 16.6. The average molecular weight is 445 g/mol. The van der Waals surface area contributed by atoms with Crippen molar-refractivity contribution in [1.29, 1.82) is 0 Å². The van der Waals surface area contributed by atoms with Gasteiger partial charge in [-0.2, -0.15) is 0 Å². The predicted molar refractivity (Wildman–Crippen MR) is 122 cm³/mol. The van der Waals surface area contributed by atoms with E-state index in [0.717, 1.165) is 5.56 Å². The minimum Gasteiger partial charge on any atom is -0.462 e. The second kappa shape index (κ2) is 9.82. The van der Waals surface area contributed by atoms with Gasteiger partial charge in [-0.15, -0.1) is 11.8 Å². The van der Waals surface area contributed by atoms with Crippen molar-refractivity contribution in [2.75, 3.05) is 17.7 Å². The summed E-state index contributed by atoms with van der Waals surface area (Å²) < 4.78 is 4.97. The smallest absolute Gasteiger partial charge is 0.338 e. The Morgan fingerprint density at radius 2 is 1.97 bits per heavy atom. The first kappa shape index (κ1) is 21.9. The third kappa shape index (κ3) is 5.43. The number of thioether (sulfide) groups is 1. The van der Waals surface area contributed by atoms with E-state index in [4.69, 9.17) is 16.3 Å². The Bertz CT molecular complexity index is 1160. The van der Waals surface area contributed by atoms with Crippen LogP contribution in [0.15, 0.2) is 47.3 Å². The lowest BCUT2D eigenvalue weighted by Crippen LogP contribution is -2.14. The number of carbonyl (C=O) groups excluding carboxylic acids is 2. The first-order valence-electron chi connectivity index (χ1n) is 9.34. The molecule has 0 aliphatic heterocycles. The van der Waals surface area contributed by atoms with Gasteiger partial charge in [0.15, 0.2) is 5.43 Å². The lowest BCUT2D eigenvalue weighted by Gasteiger charge is -2.08. The molecule has 1 aromatic heterocycles. The molecule has 2 N–H and O–H groups in total. The fourth-order valence-electron chi connectivity index (χ4n) is 2.84. The monoisotopic (exact) mass is 444 g/mol. The van der Waals surface area contributed by atoms with Crippen LogP contribution >= 0.6 is 23.4 Å². The van der Waals surface area contributed by atoms with Crippen molar-refractivity contribution in [2.45, 2.75) is 19.6 Å². The molecule has 0 bridgehead atoms. The quantitative estimate of drug-likeness (QED) is 0.522. The number of aryl methyl sites for hydroxylation is 1. The first-order chi connectivity index (χ1) is 14.4. The Morgan fingerprint density at radius 1 is 1.17 bits per heavy atom. The number of carbonyl (C=O) groups is 2. The molecule has 0 spiro atoms. The molecule has 0 atom stereocenters. The number of H-pyrrole nitrogens is 1. The van der Waals surface area contributed by atoms with E-state index in [-0.39, 0.29) is 23.7 Å². The third-order valence-corrected chi connectivity index (χ3v) is 5.73. The number of benzene rings is 2. The van der Waals surface area contributed by atoms with Gasteiger partial charge in [-0.1, -0.05) is 17.7 Å². The molecule has 6 nitrogen and oxygen atoms in total. The zero-order valence-corrected chi connectivity index (χ0v) is 18.2. The Balaban J connectivity index is 1.62. The molecular formula is C22H21ClN2O4S. The highest BCUT2D eigenvalue weighted by Gasteiger charge is 2.10. The SMILES string of the molecule is CCOC(=O)c1ccc2[nH]c(CSCC(=O)Nc3ccc(C)c(Cl)c3)cc(=O)c2c1. The van der Waals surface area contributed by atoms with Crippen molar-refractivity contribution in [3.05, 3.63) is 74.5 Å². The van der Waals surface area contributed by atoms with Gasteiger partial charge in [-0.3, -0.25) is 9.59 Å². The van der Waals surface area contributed by atoms with Crippen molar-refractivity contribution in [3.63, 3.8) is 0 Å².